The highest BCUT2D eigenvalue weighted by Crippen LogP contribution is 2.21. The monoisotopic (exact) mass is 364 g/mol. The molecular weight excluding hydrogens is 344 g/mol. The van der Waals surface area contributed by atoms with Gasteiger partial charge in [0, 0.05) is 24.0 Å². The van der Waals surface area contributed by atoms with Gasteiger partial charge in [0.25, 0.3) is 0 Å². The van der Waals surface area contributed by atoms with E-state index in [0.29, 0.717) is 18.9 Å². The zero-order valence-corrected chi connectivity index (χ0v) is 15.0. The number of benzene rings is 1. The van der Waals surface area contributed by atoms with Gasteiger partial charge in [-0.2, -0.15) is 0 Å². The van der Waals surface area contributed by atoms with E-state index in [1.54, 1.807) is 18.4 Å². The van der Waals surface area contributed by atoms with Crippen molar-refractivity contribution < 1.29 is 8.42 Å². The van der Waals surface area contributed by atoms with Gasteiger partial charge in [-0.25, -0.2) is 13.4 Å². The number of nitrogens with one attached hydrogen (secondary N) is 2. The number of hydrogen-bond donors (Lipinski definition) is 2. The lowest BCUT2D eigenvalue weighted by atomic mass is 10.2. The van der Waals surface area contributed by atoms with E-state index >= 15 is 0 Å². The highest BCUT2D eigenvalue weighted by atomic mass is 32.2. The molecule has 8 heteroatoms. The van der Waals surface area contributed by atoms with Crippen LogP contribution in [0.1, 0.15) is 11.4 Å². The van der Waals surface area contributed by atoms with E-state index in [1.165, 1.54) is 0 Å². The van der Waals surface area contributed by atoms with Crippen molar-refractivity contribution in [2.45, 2.75) is 19.0 Å². The summed E-state index contributed by atoms with van der Waals surface area (Å²) in [6.45, 7) is 0.552. The lowest BCUT2D eigenvalue weighted by Crippen LogP contribution is -2.43. The first kappa shape index (κ1) is 16.9. The second-order valence-corrected chi connectivity index (χ2v) is 8.83. The first-order valence-electron chi connectivity index (χ1n) is 7.73. The van der Waals surface area contributed by atoms with E-state index < -0.39 is 9.84 Å². The summed E-state index contributed by atoms with van der Waals surface area (Å²) in [4.78, 5) is 8.77. The molecule has 6 nitrogen and oxygen atoms in total. The third-order valence-corrected chi connectivity index (χ3v) is 6.44. The molecular formula is C16H20N4O2S2. The first-order chi connectivity index (χ1) is 11.6. The fourth-order valence-corrected chi connectivity index (χ4v) is 5.01. The van der Waals surface area contributed by atoms with Crippen molar-refractivity contribution in [3.8, 4) is 11.3 Å². The summed E-state index contributed by atoms with van der Waals surface area (Å²) >= 11 is 1.59. The molecule has 2 aromatic rings. The van der Waals surface area contributed by atoms with Crippen LogP contribution in [-0.4, -0.2) is 44.0 Å². The average Bonchev–Trinajstić information content (AvgIpc) is 3.18. The van der Waals surface area contributed by atoms with Gasteiger partial charge in [0.15, 0.2) is 15.8 Å². The fourth-order valence-electron chi connectivity index (χ4n) is 2.59. The third kappa shape index (κ3) is 4.33. The van der Waals surface area contributed by atoms with E-state index in [2.05, 4.69) is 20.6 Å². The number of aromatic nitrogens is 1. The van der Waals surface area contributed by atoms with Gasteiger partial charge in [-0.3, -0.25) is 4.99 Å². The summed E-state index contributed by atoms with van der Waals surface area (Å²) in [5.41, 5.74) is 2.06. The van der Waals surface area contributed by atoms with Crippen molar-refractivity contribution in [1.29, 1.82) is 0 Å². The predicted octanol–water partition coefficient (Wildman–Crippen LogP) is 1.66. The molecule has 1 aliphatic rings. The van der Waals surface area contributed by atoms with Crippen molar-refractivity contribution in [3.63, 3.8) is 0 Å². The molecule has 1 fully saturated rings. The maximum absolute atomic E-state index is 11.5. The Labute approximate surface area is 146 Å². The molecule has 0 amide bonds. The standard InChI is InChI=1S/C16H20N4O2S2/c1-17-16(19-13-7-8-24(21,22)11-13)18-9-15-20-14(10-23-15)12-5-3-2-4-6-12/h2-6,10,13H,7-9,11H2,1H3,(H2,17,18,19). The topological polar surface area (TPSA) is 83.4 Å². The van der Waals surface area contributed by atoms with Gasteiger partial charge >= 0.3 is 0 Å². The maximum Gasteiger partial charge on any atom is 0.191 e. The van der Waals surface area contributed by atoms with Gasteiger partial charge in [-0.1, -0.05) is 30.3 Å². The molecule has 1 aliphatic heterocycles. The van der Waals surface area contributed by atoms with E-state index in [4.69, 9.17) is 0 Å². The molecule has 0 aliphatic carbocycles. The minimum Gasteiger partial charge on any atom is -0.353 e. The van der Waals surface area contributed by atoms with Gasteiger partial charge in [0.1, 0.15) is 5.01 Å². The van der Waals surface area contributed by atoms with E-state index in [1.807, 2.05) is 35.7 Å². The molecule has 1 aromatic heterocycles. The fraction of sp³-hybridized carbons (Fsp3) is 0.375. The summed E-state index contributed by atoms with van der Waals surface area (Å²) in [5.74, 6) is 1.02. The molecule has 1 aromatic carbocycles. The van der Waals surface area contributed by atoms with E-state index in [0.717, 1.165) is 16.3 Å². The normalized spacial score (nSPS) is 20.0. The van der Waals surface area contributed by atoms with Crippen molar-refractivity contribution >= 4 is 27.1 Å². The average molecular weight is 364 g/mol. The lowest BCUT2D eigenvalue weighted by Gasteiger charge is -2.15. The number of thiazole rings is 1. The van der Waals surface area contributed by atoms with Crippen LogP contribution in [-0.2, 0) is 16.4 Å². The van der Waals surface area contributed by atoms with Crippen LogP contribution in [0.4, 0.5) is 0 Å². The van der Waals surface area contributed by atoms with Crippen LogP contribution in [0, 0.1) is 0 Å². The molecule has 0 spiro atoms. The summed E-state index contributed by atoms with van der Waals surface area (Å²) in [5, 5.41) is 9.35. The second-order valence-electron chi connectivity index (χ2n) is 5.66. The molecule has 1 saturated heterocycles. The van der Waals surface area contributed by atoms with Gasteiger partial charge in [0.05, 0.1) is 23.7 Å². The Morgan fingerprint density at radius 2 is 2.17 bits per heavy atom. The number of sulfone groups is 1. The molecule has 1 unspecified atom stereocenters. The quantitative estimate of drug-likeness (QED) is 0.637. The van der Waals surface area contributed by atoms with Crippen molar-refractivity contribution in [2.75, 3.05) is 18.6 Å². The molecule has 2 N–H and O–H groups in total. The van der Waals surface area contributed by atoms with Gasteiger partial charge < -0.3 is 10.6 Å². The number of nitrogens with zero attached hydrogens (tertiary/aromatic N) is 2. The van der Waals surface area contributed by atoms with Crippen LogP contribution >= 0.6 is 11.3 Å². The predicted molar refractivity (Wildman–Crippen MR) is 97.9 cm³/mol. The van der Waals surface area contributed by atoms with Crippen molar-refractivity contribution in [1.82, 2.24) is 15.6 Å². The summed E-state index contributed by atoms with van der Waals surface area (Å²) < 4.78 is 23.0. The van der Waals surface area contributed by atoms with Gasteiger partial charge in [-0.05, 0) is 6.42 Å². The smallest absolute Gasteiger partial charge is 0.191 e. The molecule has 0 saturated carbocycles. The molecule has 2 heterocycles. The third-order valence-electron chi connectivity index (χ3n) is 3.83. The minimum absolute atomic E-state index is 0.0719. The zero-order valence-electron chi connectivity index (χ0n) is 13.4. The van der Waals surface area contributed by atoms with Gasteiger partial charge in [-0.15, -0.1) is 11.3 Å². The Morgan fingerprint density at radius 3 is 2.83 bits per heavy atom. The summed E-state index contributed by atoms with van der Waals surface area (Å²) in [6, 6.07) is 9.97. The van der Waals surface area contributed by atoms with Crippen LogP contribution in [0.2, 0.25) is 0 Å². The van der Waals surface area contributed by atoms with E-state index in [9.17, 15) is 8.42 Å². The Bertz CT molecular complexity index is 816. The number of guanidine groups is 1. The molecule has 0 radical (unpaired) electrons. The lowest BCUT2D eigenvalue weighted by molar-refractivity contribution is 0.599. The Kier molecular flexibility index (Phi) is 5.15. The van der Waals surface area contributed by atoms with Crippen LogP contribution in [0.25, 0.3) is 11.3 Å². The van der Waals surface area contributed by atoms with Crippen LogP contribution in [0.5, 0.6) is 0 Å². The number of aliphatic imine (C=N–C) groups is 1. The Morgan fingerprint density at radius 1 is 1.38 bits per heavy atom. The molecule has 3 rings (SSSR count). The molecule has 24 heavy (non-hydrogen) atoms. The number of hydrogen-bond acceptors (Lipinski definition) is 5. The second kappa shape index (κ2) is 7.31. The highest BCUT2D eigenvalue weighted by Gasteiger charge is 2.28. The number of rotatable bonds is 4. The molecule has 0 bridgehead atoms. The van der Waals surface area contributed by atoms with Crippen LogP contribution in [0.15, 0.2) is 40.7 Å². The highest BCUT2D eigenvalue weighted by molar-refractivity contribution is 7.91. The summed E-state index contributed by atoms with van der Waals surface area (Å²) in [7, 11) is -1.22. The van der Waals surface area contributed by atoms with Crippen LogP contribution < -0.4 is 10.6 Å². The van der Waals surface area contributed by atoms with Gasteiger partial charge in [0.2, 0.25) is 0 Å². The SMILES string of the molecule is CN=C(NCc1nc(-c2ccccc2)cs1)NC1CCS(=O)(=O)C1. The minimum atomic E-state index is -2.90. The Balaban J connectivity index is 1.56. The Hall–Kier alpha value is -1.93. The molecule has 1 atom stereocenters. The zero-order chi connectivity index (χ0) is 17.0. The first-order valence-corrected chi connectivity index (χ1v) is 10.4. The van der Waals surface area contributed by atoms with Crippen molar-refractivity contribution in [2.24, 2.45) is 4.99 Å². The van der Waals surface area contributed by atoms with E-state index in [-0.39, 0.29) is 17.5 Å². The summed E-state index contributed by atoms with van der Waals surface area (Å²) in [6.07, 6.45) is 0.623. The maximum atomic E-state index is 11.5. The van der Waals surface area contributed by atoms with Crippen LogP contribution in [0.3, 0.4) is 0 Å². The molecule has 128 valence electrons. The largest absolute Gasteiger partial charge is 0.353 e. The van der Waals surface area contributed by atoms with Crippen molar-refractivity contribution in [3.05, 3.63) is 40.7 Å².